The lowest BCUT2D eigenvalue weighted by atomic mass is 9.99. The summed E-state index contributed by atoms with van der Waals surface area (Å²) in [6.07, 6.45) is 1.00. The molecular weight excluding hydrogens is 212 g/mol. The van der Waals surface area contributed by atoms with E-state index in [4.69, 9.17) is 4.52 Å². The van der Waals surface area contributed by atoms with Gasteiger partial charge in [-0.1, -0.05) is 17.3 Å². The van der Waals surface area contributed by atoms with E-state index in [0.29, 0.717) is 0 Å². The fraction of sp³-hybridized carbons (Fsp3) is 0.357. The zero-order valence-electron chi connectivity index (χ0n) is 10.2. The molecular formula is C14H16N2O. The van der Waals surface area contributed by atoms with Gasteiger partial charge in [0.25, 0.3) is 0 Å². The maximum Gasteiger partial charge on any atom is 0.170 e. The Morgan fingerprint density at radius 1 is 1.24 bits per heavy atom. The van der Waals surface area contributed by atoms with Crippen molar-refractivity contribution in [3.63, 3.8) is 0 Å². The van der Waals surface area contributed by atoms with Crippen molar-refractivity contribution < 1.29 is 4.52 Å². The number of hydrogen-bond donors (Lipinski definition) is 1. The Balaban J connectivity index is 2.09. The molecule has 0 spiro atoms. The van der Waals surface area contributed by atoms with Gasteiger partial charge >= 0.3 is 0 Å². The van der Waals surface area contributed by atoms with Crippen molar-refractivity contribution in [3.8, 4) is 11.3 Å². The first-order chi connectivity index (χ1) is 8.25. The van der Waals surface area contributed by atoms with E-state index in [1.807, 2.05) is 0 Å². The Kier molecular flexibility index (Phi) is 2.48. The van der Waals surface area contributed by atoms with E-state index >= 15 is 0 Å². The van der Waals surface area contributed by atoms with Crippen LogP contribution in [0.3, 0.4) is 0 Å². The first-order valence-electron chi connectivity index (χ1n) is 6.01. The van der Waals surface area contributed by atoms with E-state index in [1.165, 1.54) is 16.7 Å². The van der Waals surface area contributed by atoms with Crippen LogP contribution >= 0.6 is 0 Å². The van der Waals surface area contributed by atoms with Crippen LogP contribution in [0.4, 0.5) is 0 Å². The zero-order valence-corrected chi connectivity index (χ0v) is 10.2. The molecule has 3 nitrogen and oxygen atoms in total. The Bertz CT molecular complexity index is 557. The molecule has 1 aliphatic heterocycles. The fourth-order valence-corrected chi connectivity index (χ4v) is 2.27. The molecule has 3 rings (SSSR count). The number of rotatable bonds is 1. The average Bonchev–Trinajstić information content (AvgIpc) is 2.76. The van der Waals surface area contributed by atoms with Crippen LogP contribution < -0.4 is 5.32 Å². The fourth-order valence-electron chi connectivity index (χ4n) is 2.27. The Morgan fingerprint density at radius 3 is 2.94 bits per heavy atom. The first kappa shape index (κ1) is 10.5. The molecule has 88 valence electrons. The summed E-state index contributed by atoms with van der Waals surface area (Å²) in [5.74, 6) is 0.949. The van der Waals surface area contributed by atoms with Crippen molar-refractivity contribution in [1.82, 2.24) is 10.5 Å². The SMILES string of the molecule is Cc1ccc(-c2onc3c2CCNC3)cc1C. The van der Waals surface area contributed by atoms with Gasteiger partial charge in [0, 0.05) is 17.7 Å². The predicted octanol–water partition coefficient (Wildman–Crippen LogP) is 2.60. The summed E-state index contributed by atoms with van der Waals surface area (Å²) in [5.41, 5.74) is 6.07. The third kappa shape index (κ3) is 1.76. The summed E-state index contributed by atoms with van der Waals surface area (Å²) < 4.78 is 5.51. The maximum atomic E-state index is 5.51. The van der Waals surface area contributed by atoms with E-state index in [1.54, 1.807) is 0 Å². The minimum absolute atomic E-state index is 0.823. The van der Waals surface area contributed by atoms with Gasteiger partial charge < -0.3 is 9.84 Å². The molecule has 1 aliphatic rings. The molecule has 1 aromatic carbocycles. The number of aryl methyl sites for hydroxylation is 2. The molecule has 17 heavy (non-hydrogen) atoms. The Morgan fingerprint density at radius 2 is 2.12 bits per heavy atom. The summed E-state index contributed by atoms with van der Waals surface area (Å²) in [6, 6.07) is 6.43. The first-order valence-corrected chi connectivity index (χ1v) is 6.01. The van der Waals surface area contributed by atoms with E-state index in [0.717, 1.165) is 36.5 Å². The lowest BCUT2D eigenvalue weighted by Gasteiger charge is -2.11. The predicted molar refractivity (Wildman–Crippen MR) is 66.8 cm³/mol. The van der Waals surface area contributed by atoms with E-state index in [9.17, 15) is 0 Å². The van der Waals surface area contributed by atoms with Crippen molar-refractivity contribution in [1.29, 1.82) is 0 Å². The number of benzene rings is 1. The number of aromatic nitrogens is 1. The second-order valence-corrected chi connectivity index (χ2v) is 4.66. The van der Waals surface area contributed by atoms with Gasteiger partial charge in [-0.3, -0.25) is 0 Å². The van der Waals surface area contributed by atoms with Gasteiger partial charge in [-0.2, -0.15) is 0 Å². The van der Waals surface area contributed by atoms with Crippen LogP contribution in [0.5, 0.6) is 0 Å². The Labute approximate surface area is 101 Å². The zero-order chi connectivity index (χ0) is 11.8. The molecule has 1 aromatic heterocycles. The summed E-state index contributed by atoms with van der Waals surface area (Å²) in [7, 11) is 0. The average molecular weight is 228 g/mol. The summed E-state index contributed by atoms with van der Waals surface area (Å²) in [6.45, 7) is 6.08. The van der Waals surface area contributed by atoms with Gasteiger partial charge in [0.2, 0.25) is 0 Å². The molecule has 2 aromatic rings. The topological polar surface area (TPSA) is 38.1 Å². The summed E-state index contributed by atoms with van der Waals surface area (Å²) in [4.78, 5) is 0. The van der Waals surface area contributed by atoms with Gasteiger partial charge in [0.15, 0.2) is 5.76 Å². The molecule has 0 radical (unpaired) electrons. The minimum atomic E-state index is 0.823. The second kappa shape index (κ2) is 4.00. The lowest BCUT2D eigenvalue weighted by Crippen LogP contribution is -2.23. The molecule has 0 saturated heterocycles. The highest BCUT2D eigenvalue weighted by atomic mass is 16.5. The number of nitrogens with one attached hydrogen (secondary N) is 1. The van der Waals surface area contributed by atoms with Gasteiger partial charge in [-0.25, -0.2) is 0 Å². The van der Waals surface area contributed by atoms with Crippen LogP contribution in [-0.2, 0) is 13.0 Å². The molecule has 0 saturated carbocycles. The Hall–Kier alpha value is -1.61. The highest BCUT2D eigenvalue weighted by molar-refractivity contribution is 5.64. The molecule has 0 fully saturated rings. The van der Waals surface area contributed by atoms with Gasteiger partial charge in [-0.15, -0.1) is 0 Å². The lowest BCUT2D eigenvalue weighted by molar-refractivity contribution is 0.421. The quantitative estimate of drug-likeness (QED) is 0.815. The normalized spacial score (nSPS) is 14.7. The molecule has 0 bridgehead atoms. The molecule has 2 heterocycles. The second-order valence-electron chi connectivity index (χ2n) is 4.66. The molecule has 0 unspecified atom stereocenters. The van der Waals surface area contributed by atoms with Crippen LogP contribution in [0, 0.1) is 13.8 Å². The van der Waals surface area contributed by atoms with Crippen LogP contribution in [0.2, 0.25) is 0 Å². The van der Waals surface area contributed by atoms with Crippen LogP contribution in [0.25, 0.3) is 11.3 Å². The van der Waals surface area contributed by atoms with E-state index < -0.39 is 0 Å². The molecule has 0 amide bonds. The van der Waals surface area contributed by atoms with Crippen molar-refractivity contribution in [3.05, 3.63) is 40.6 Å². The van der Waals surface area contributed by atoms with Gasteiger partial charge in [0.1, 0.15) is 5.69 Å². The third-order valence-corrected chi connectivity index (χ3v) is 3.48. The van der Waals surface area contributed by atoms with E-state index in [2.05, 4.69) is 42.5 Å². The van der Waals surface area contributed by atoms with Gasteiger partial charge in [-0.05, 0) is 44.0 Å². The highest BCUT2D eigenvalue weighted by Crippen LogP contribution is 2.29. The number of hydrogen-bond acceptors (Lipinski definition) is 3. The van der Waals surface area contributed by atoms with Crippen LogP contribution in [0.15, 0.2) is 22.7 Å². The van der Waals surface area contributed by atoms with Crippen molar-refractivity contribution in [2.24, 2.45) is 0 Å². The smallest absolute Gasteiger partial charge is 0.170 e. The number of nitrogens with zero attached hydrogens (tertiary/aromatic N) is 1. The van der Waals surface area contributed by atoms with Crippen LogP contribution in [0.1, 0.15) is 22.4 Å². The molecule has 0 atom stereocenters. The van der Waals surface area contributed by atoms with E-state index in [-0.39, 0.29) is 0 Å². The maximum absolute atomic E-state index is 5.51. The van der Waals surface area contributed by atoms with Crippen molar-refractivity contribution >= 4 is 0 Å². The molecule has 0 aliphatic carbocycles. The summed E-state index contributed by atoms with van der Waals surface area (Å²) in [5, 5.41) is 7.45. The van der Waals surface area contributed by atoms with Gasteiger partial charge in [0.05, 0.1) is 0 Å². The third-order valence-electron chi connectivity index (χ3n) is 3.48. The summed E-state index contributed by atoms with van der Waals surface area (Å²) >= 11 is 0. The number of fused-ring (bicyclic) bond motifs is 1. The molecule has 1 N–H and O–H groups in total. The van der Waals surface area contributed by atoms with Crippen molar-refractivity contribution in [2.45, 2.75) is 26.8 Å². The highest BCUT2D eigenvalue weighted by Gasteiger charge is 2.20. The minimum Gasteiger partial charge on any atom is -0.356 e. The monoisotopic (exact) mass is 228 g/mol. The largest absolute Gasteiger partial charge is 0.356 e. The van der Waals surface area contributed by atoms with Crippen molar-refractivity contribution in [2.75, 3.05) is 6.54 Å². The molecule has 3 heteroatoms. The standard InChI is InChI=1S/C14H16N2O/c1-9-3-4-11(7-10(9)2)14-12-5-6-15-8-13(12)16-17-14/h3-4,7,15H,5-6,8H2,1-2H3. The van der Waals surface area contributed by atoms with Crippen LogP contribution in [-0.4, -0.2) is 11.7 Å².